The zero-order valence-electron chi connectivity index (χ0n) is 15.0. The van der Waals surface area contributed by atoms with Crippen LogP contribution in [0, 0.1) is 13.8 Å². The molecular formula is C22H22N2O2. The molecule has 0 radical (unpaired) electrons. The van der Waals surface area contributed by atoms with Gasteiger partial charge in [0, 0.05) is 12.0 Å². The lowest BCUT2D eigenvalue weighted by molar-refractivity contribution is -0.119. The van der Waals surface area contributed by atoms with Crippen molar-refractivity contribution in [3.8, 4) is 0 Å². The number of rotatable bonds is 5. The standard InChI is InChI=1S/C22H22N2O2/c1-14-10-15(2)12-18(11-14)22(26)24-20(21(23)25)13-17-8-5-7-16-6-3-4-9-19(16)17/h3-12,20H,13H2,1-2H3,(H2,23,25)(H,24,26)/t20-/m0/s1. The van der Waals surface area contributed by atoms with Gasteiger partial charge >= 0.3 is 0 Å². The van der Waals surface area contributed by atoms with Gasteiger partial charge in [0.1, 0.15) is 6.04 Å². The van der Waals surface area contributed by atoms with E-state index in [2.05, 4.69) is 5.32 Å². The molecule has 2 amide bonds. The van der Waals surface area contributed by atoms with Crippen molar-refractivity contribution in [2.45, 2.75) is 26.3 Å². The first-order valence-corrected chi connectivity index (χ1v) is 8.59. The Kier molecular flexibility index (Phi) is 5.03. The molecule has 0 aliphatic carbocycles. The molecule has 132 valence electrons. The van der Waals surface area contributed by atoms with E-state index in [1.807, 2.05) is 62.4 Å². The molecule has 0 saturated heterocycles. The molecule has 26 heavy (non-hydrogen) atoms. The normalized spacial score (nSPS) is 11.9. The molecule has 0 aromatic heterocycles. The monoisotopic (exact) mass is 346 g/mol. The maximum atomic E-state index is 12.6. The van der Waals surface area contributed by atoms with Crippen molar-refractivity contribution < 1.29 is 9.59 Å². The zero-order chi connectivity index (χ0) is 18.7. The van der Waals surface area contributed by atoms with Crippen LogP contribution < -0.4 is 11.1 Å². The van der Waals surface area contributed by atoms with Gasteiger partial charge in [0.15, 0.2) is 0 Å². The Bertz CT molecular complexity index is 953. The van der Waals surface area contributed by atoms with Crippen LogP contribution in [-0.4, -0.2) is 17.9 Å². The van der Waals surface area contributed by atoms with Crippen LogP contribution in [0.2, 0.25) is 0 Å². The highest BCUT2D eigenvalue weighted by molar-refractivity contribution is 5.98. The maximum Gasteiger partial charge on any atom is 0.251 e. The second kappa shape index (κ2) is 7.40. The molecule has 0 unspecified atom stereocenters. The van der Waals surface area contributed by atoms with Crippen LogP contribution in [0.5, 0.6) is 0 Å². The van der Waals surface area contributed by atoms with Crippen LogP contribution in [0.4, 0.5) is 0 Å². The Morgan fingerprint density at radius 1 is 0.962 bits per heavy atom. The number of fused-ring (bicyclic) bond motifs is 1. The van der Waals surface area contributed by atoms with Gasteiger partial charge in [0.2, 0.25) is 5.91 Å². The van der Waals surface area contributed by atoms with Crippen LogP contribution in [0.25, 0.3) is 10.8 Å². The Labute approximate surface area is 153 Å². The highest BCUT2D eigenvalue weighted by Gasteiger charge is 2.20. The van der Waals surface area contributed by atoms with Crippen molar-refractivity contribution in [1.29, 1.82) is 0 Å². The summed E-state index contributed by atoms with van der Waals surface area (Å²) in [6, 6.07) is 18.7. The Morgan fingerprint density at radius 3 is 2.31 bits per heavy atom. The first kappa shape index (κ1) is 17.7. The smallest absolute Gasteiger partial charge is 0.251 e. The molecule has 0 saturated carbocycles. The molecule has 4 nitrogen and oxygen atoms in total. The molecule has 0 aliphatic heterocycles. The van der Waals surface area contributed by atoms with Crippen LogP contribution >= 0.6 is 0 Å². The van der Waals surface area contributed by atoms with Gasteiger partial charge in [-0.15, -0.1) is 0 Å². The number of nitrogens with two attached hydrogens (primary N) is 1. The lowest BCUT2D eigenvalue weighted by Crippen LogP contribution is -2.45. The molecule has 0 heterocycles. The average molecular weight is 346 g/mol. The predicted octanol–water partition coefficient (Wildman–Crippen LogP) is 3.28. The molecular weight excluding hydrogens is 324 g/mol. The number of hydrogen-bond acceptors (Lipinski definition) is 2. The Hall–Kier alpha value is -3.14. The third-order valence-corrected chi connectivity index (χ3v) is 4.44. The highest BCUT2D eigenvalue weighted by atomic mass is 16.2. The maximum absolute atomic E-state index is 12.6. The number of carbonyl (C=O) groups is 2. The number of primary amides is 1. The topological polar surface area (TPSA) is 72.2 Å². The van der Waals surface area contributed by atoms with Crippen molar-refractivity contribution in [1.82, 2.24) is 5.32 Å². The number of nitrogens with one attached hydrogen (secondary N) is 1. The molecule has 3 aromatic rings. The van der Waals surface area contributed by atoms with Gasteiger partial charge in [-0.1, -0.05) is 59.7 Å². The lowest BCUT2D eigenvalue weighted by atomic mass is 9.98. The molecule has 3 N–H and O–H groups in total. The fraction of sp³-hybridized carbons (Fsp3) is 0.182. The van der Waals surface area contributed by atoms with Crippen LogP contribution in [0.1, 0.15) is 27.0 Å². The van der Waals surface area contributed by atoms with E-state index in [4.69, 9.17) is 5.73 Å². The number of aryl methyl sites for hydroxylation is 2. The molecule has 4 heteroatoms. The Morgan fingerprint density at radius 2 is 1.62 bits per heavy atom. The van der Waals surface area contributed by atoms with Crippen molar-refractivity contribution in [2.24, 2.45) is 5.73 Å². The summed E-state index contributed by atoms with van der Waals surface area (Å²) in [5, 5.41) is 4.94. The molecule has 0 bridgehead atoms. The van der Waals surface area contributed by atoms with Gasteiger partial charge in [-0.2, -0.15) is 0 Å². The molecule has 1 atom stereocenters. The zero-order valence-corrected chi connectivity index (χ0v) is 15.0. The van der Waals surface area contributed by atoms with E-state index in [1.165, 1.54) is 0 Å². The van der Waals surface area contributed by atoms with Crippen molar-refractivity contribution in [3.63, 3.8) is 0 Å². The number of amides is 2. The number of benzene rings is 3. The van der Waals surface area contributed by atoms with Crippen molar-refractivity contribution in [3.05, 3.63) is 82.9 Å². The lowest BCUT2D eigenvalue weighted by Gasteiger charge is -2.17. The number of hydrogen-bond donors (Lipinski definition) is 2. The van der Waals surface area contributed by atoms with Gasteiger partial charge < -0.3 is 11.1 Å². The average Bonchev–Trinajstić information content (AvgIpc) is 2.60. The van der Waals surface area contributed by atoms with Crippen molar-refractivity contribution >= 4 is 22.6 Å². The predicted molar refractivity (Wildman–Crippen MR) is 104 cm³/mol. The van der Waals surface area contributed by atoms with Gasteiger partial charge in [-0.25, -0.2) is 0 Å². The van der Waals surface area contributed by atoms with E-state index in [9.17, 15) is 9.59 Å². The van der Waals surface area contributed by atoms with Gasteiger partial charge in [-0.05, 0) is 42.3 Å². The second-order valence-electron chi connectivity index (χ2n) is 6.65. The molecule has 3 aromatic carbocycles. The first-order chi connectivity index (χ1) is 12.4. The second-order valence-corrected chi connectivity index (χ2v) is 6.65. The first-order valence-electron chi connectivity index (χ1n) is 8.59. The fourth-order valence-electron chi connectivity index (χ4n) is 3.26. The third kappa shape index (κ3) is 3.91. The minimum Gasteiger partial charge on any atom is -0.368 e. The minimum absolute atomic E-state index is 0.291. The Balaban J connectivity index is 1.85. The van der Waals surface area contributed by atoms with E-state index in [-0.39, 0.29) is 5.91 Å². The van der Waals surface area contributed by atoms with Crippen LogP contribution in [0.15, 0.2) is 60.7 Å². The molecule has 0 aliphatic rings. The molecule has 3 rings (SSSR count). The molecule has 0 fully saturated rings. The summed E-state index contributed by atoms with van der Waals surface area (Å²) >= 11 is 0. The van der Waals surface area contributed by atoms with Crippen LogP contribution in [-0.2, 0) is 11.2 Å². The van der Waals surface area contributed by atoms with Gasteiger partial charge in [-0.3, -0.25) is 9.59 Å². The quantitative estimate of drug-likeness (QED) is 0.744. The van der Waals surface area contributed by atoms with Gasteiger partial charge in [0.05, 0.1) is 0 Å². The highest BCUT2D eigenvalue weighted by Crippen LogP contribution is 2.20. The number of carbonyl (C=O) groups excluding carboxylic acids is 2. The third-order valence-electron chi connectivity index (χ3n) is 4.44. The fourth-order valence-corrected chi connectivity index (χ4v) is 3.26. The van der Waals surface area contributed by atoms with E-state index in [1.54, 1.807) is 12.1 Å². The van der Waals surface area contributed by atoms with E-state index < -0.39 is 11.9 Å². The largest absolute Gasteiger partial charge is 0.368 e. The van der Waals surface area contributed by atoms with Gasteiger partial charge in [0.25, 0.3) is 5.91 Å². The molecule has 0 spiro atoms. The summed E-state index contributed by atoms with van der Waals surface area (Å²) < 4.78 is 0. The van der Waals surface area contributed by atoms with Crippen LogP contribution in [0.3, 0.4) is 0 Å². The minimum atomic E-state index is -0.769. The van der Waals surface area contributed by atoms with Crippen molar-refractivity contribution in [2.75, 3.05) is 0 Å². The summed E-state index contributed by atoms with van der Waals surface area (Å²) in [7, 11) is 0. The summed E-state index contributed by atoms with van der Waals surface area (Å²) in [5.41, 5.74) is 9.07. The summed E-state index contributed by atoms with van der Waals surface area (Å²) in [6.45, 7) is 3.87. The summed E-state index contributed by atoms with van der Waals surface area (Å²) in [5.74, 6) is -0.837. The summed E-state index contributed by atoms with van der Waals surface area (Å²) in [4.78, 5) is 24.5. The van der Waals surface area contributed by atoms with E-state index >= 15 is 0 Å². The van der Waals surface area contributed by atoms with E-state index in [0.717, 1.165) is 27.5 Å². The SMILES string of the molecule is Cc1cc(C)cc(C(=O)N[C@@H](Cc2cccc3ccccc23)C(N)=O)c1. The summed E-state index contributed by atoms with van der Waals surface area (Å²) in [6.07, 6.45) is 0.354. The van der Waals surface area contributed by atoms with E-state index in [0.29, 0.717) is 12.0 Å².